The van der Waals surface area contributed by atoms with Crippen molar-refractivity contribution in [2.24, 2.45) is 11.8 Å². The lowest BCUT2D eigenvalue weighted by atomic mass is 9.70. The summed E-state index contributed by atoms with van der Waals surface area (Å²) in [5.74, 6) is -2.08. The van der Waals surface area contributed by atoms with E-state index in [0.717, 1.165) is 24.3 Å². The fourth-order valence-corrected chi connectivity index (χ4v) is 6.85. The first kappa shape index (κ1) is 28.1. The Morgan fingerprint density at radius 3 is 2.45 bits per heavy atom. The normalized spacial score (nSPS) is 26.6. The van der Waals surface area contributed by atoms with E-state index in [2.05, 4.69) is 29.4 Å². The van der Waals surface area contributed by atoms with Gasteiger partial charge in [-0.2, -0.15) is 0 Å². The lowest BCUT2D eigenvalue weighted by molar-refractivity contribution is -0.141. The summed E-state index contributed by atoms with van der Waals surface area (Å²) in [5.41, 5.74) is 1.65. The molecule has 3 amide bonds. The Bertz CT molecular complexity index is 1200. The number of fused-ring (bicyclic) bond motifs is 1. The summed E-state index contributed by atoms with van der Waals surface area (Å²) < 4.78 is 6.49. The van der Waals surface area contributed by atoms with Gasteiger partial charge in [0, 0.05) is 44.2 Å². The van der Waals surface area contributed by atoms with Gasteiger partial charge in [-0.15, -0.1) is 0 Å². The van der Waals surface area contributed by atoms with Gasteiger partial charge in [0.25, 0.3) is 0 Å². The van der Waals surface area contributed by atoms with Gasteiger partial charge < -0.3 is 30.3 Å². The van der Waals surface area contributed by atoms with Crippen LogP contribution in [0, 0.1) is 11.8 Å². The first-order chi connectivity index (χ1) is 19.4. The van der Waals surface area contributed by atoms with Crippen LogP contribution in [0.25, 0.3) is 0 Å². The molecule has 2 bridgehead atoms. The number of nitrogens with zero attached hydrogens (tertiary/aromatic N) is 2. The number of ether oxygens (including phenoxy) is 1. The van der Waals surface area contributed by atoms with Crippen LogP contribution in [0.2, 0.25) is 0 Å². The van der Waals surface area contributed by atoms with Gasteiger partial charge in [-0.05, 0) is 69.4 Å². The molecule has 3 N–H and O–H groups in total. The standard InChI is InChI=1S/C31H40N4O5/c1-3-34(4-2)23-14-12-22(13-15-23)33-29(38)27-31-17-16-24(40-31)25(26(31)30(39)35(27)18-8-9-19-36)28(37)32-20-21-10-6-5-7-11-21/h5-7,10-15,24-27,36H,3-4,8-9,16-20H2,1-2H3,(H,32,37)(H,33,38)/t24-,25+,26+,27?,31?/m1/s1. The molecule has 0 aliphatic carbocycles. The number of nitrogens with one attached hydrogen (secondary N) is 2. The molecule has 9 nitrogen and oxygen atoms in total. The number of rotatable bonds is 12. The first-order valence-electron chi connectivity index (χ1n) is 14.5. The van der Waals surface area contributed by atoms with E-state index in [-0.39, 0.29) is 24.3 Å². The smallest absolute Gasteiger partial charge is 0.250 e. The van der Waals surface area contributed by atoms with E-state index < -0.39 is 29.6 Å². The molecule has 0 radical (unpaired) electrons. The van der Waals surface area contributed by atoms with E-state index in [9.17, 15) is 19.5 Å². The SMILES string of the molecule is CCN(CC)c1ccc(NC(=O)C2N(CCCCO)C(=O)[C@@H]3[C@@H](C(=O)NCc4ccccc4)[C@H]4CCC23O4)cc1. The maximum Gasteiger partial charge on any atom is 0.250 e. The van der Waals surface area contributed by atoms with Crippen molar-refractivity contribution in [3.05, 3.63) is 60.2 Å². The number of likely N-dealkylation sites (tertiary alicyclic amines) is 1. The van der Waals surface area contributed by atoms with Crippen molar-refractivity contribution < 1.29 is 24.2 Å². The van der Waals surface area contributed by atoms with Crippen molar-refractivity contribution in [2.75, 3.05) is 36.5 Å². The fraction of sp³-hybridized carbons (Fsp3) is 0.516. The van der Waals surface area contributed by atoms with Crippen LogP contribution in [0.4, 0.5) is 11.4 Å². The van der Waals surface area contributed by atoms with E-state index in [1.807, 2.05) is 54.6 Å². The van der Waals surface area contributed by atoms with Gasteiger partial charge in [0.05, 0.1) is 17.9 Å². The predicted octanol–water partition coefficient (Wildman–Crippen LogP) is 2.93. The first-order valence-corrected chi connectivity index (χ1v) is 14.5. The largest absolute Gasteiger partial charge is 0.396 e. The van der Waals surface area contributed by atoms with Gasteiger partial charge in [-0.25, -0.2) is 0 Å². The summed E-state index contributed by atoms with van der Waals surface area (Å²) in [6.07, 6.45) is 1.86. The molecular formula is C31H40N4O5. The van der Waals surface area contributed by atoms with Crippen molar-refractivity contribution >= 4 is 29.1 Å². The Hall–Kier alpha value is -3.43. The third kappa shape index (κ3) is 5.08. The highest BCUT2D eigenvalue weighted by molar-refractivity contribution is 6.03. The maximum absolute atomic E-state index is 13.9. The molecule has 3 saturated heterocycles. The Morgan fingerprint density at radius 2 is 1.77 bits per heavy atom. The van der Waals surface area contributed by atoms with E-state index in [0.29, 0.717) is 44.5 Å². The zero-order valence-corrected chi connectivity index (χ0v) is 23.3. The second-order valence-electron chi connectivity index (χ2n) is 10.9. The highest BCUT2D eigenvalue weighted by atomic mass is 16.5. The van der Waals surface area contributed by atoms with Crippen molar-refractivity contribution in [1.29, 1.82) is 0 Å². The highest BCUT2D eigenvalue weighted by Gasteiger charge is 2.74. The number of aliphatic hydroxyl groups excluding tert-OH is 1. The molecule has 214 valence electrons. The number of hydrogen-bond donors (Lipinski definition) is 3. The van der Waals surface area contributed by atoms with Crippen molar-refractivity contribution in [1.82, 2.24) is 10.2 Å². The minimum absolute atomic E-state index is 0.00937. The number of unbranched alkanes of at least 4 members (excludes halogenated alkanes) is 1. The molecule has 0 saturated carbocycles. The van der Waals surface area contributed by atoms with Crippen LogP contribution in [0.1, 0.15) is 45.1 Å². The molecule has 2 aromatic rings. The van der Waals surface area contributed by atoms with Crippen LogP contribution < -0.4 is 15.5 Å². The number of amides is 3. The van der Waals surface area contributed by atoms with Crippen molar-refractivity contribution in [3.8, 4) is 0 Å². The van der Waals surface area contributed by atoms with Gasteiger partial charge in [0.1, 0.15) is 11.6 Å². The molecule has 9 heteroatoms. The molecule has 2 aromatic carbocycles. The number of carbonyl (C=O) groups excluding carboxylic acids is 3. The molecule has 3 heterocycles. The summed E-state index contributed by atoms with van der Waals surface area (Å²) in [5, 5.41) is 15.4. The van der Waals surface area contributed by atoms with Gasteiger partial charge in [0.15, 0.2) is 0 Å². The van der Waals surface area contributed by atoms with Gasteiger partial charge in [-0.3, -0.25) is 14.4 Å². The van der Waals surface area contributed by atoms with E-state index in [1.54, 1.807) is 4.90 Å². The molecule has 0 aromatic heterocycles. The second kappa shape index (κ2) is 12.0. The summed E-state index contributed by atoms with van der Waals surface area (Å²) in [4.78, 5) is 45.1. The van der Waals surface area contributed by atoms with Gasteiger partial charge in [-0.1, -0.05) is 30.3 Å². The molecule has 40 heavy (non-hydrogen) atoms. The molecule has 3 aliphatic rings. The van der Waals surface area contributed by atoms with Crippen LogP contribution in [-0.4, -0.2) is 71.7 Å². The number of hydrogen-bond acceptors (Lipinski definition) is 6. The van der Waals surface area contributed by atoms with Crippen LogP contribution >= 0.6 is 0 Å². The third-order valence-electron chi connectivity index (χ3n) is 8.73. The molecule has 3 fully saturated rings. The number of benzene rings is 2. The molecule has 5 atom stereocenters. The lowest BCUT2D eigenvalue weighted by Gasteiger charge is -2.33. The molecular weight excluding hydrogens is 508 g/mol. The third-order valence-corrected chi connectivity index (χ3v) is 8.73. The predicted molar refractivity (Wildman–Crippen MR) is 153 cm³/mol. The number of carbonyl (C=O) groups is 3. The topological polar surface area (TPSA) is 111 Å². The molecule has 3 aliphatic heterocycles. The van der Waals surface area contributed by atoms with E-state index in [4.69, 9.17) is 4.74 Å². The summed E-state index contributed by atoms with van der Waals surface area (Å²) in [7, 11) is 0. The van der Waals surface area contributed by atoms with Crippen LogP contribution in [0.15, 0.2) is 54.6 Å². The fourth-order valence-electron chi connectivity index (χ4n) is 6.85. The quantitative estimate of drug-likeness (QED) is 0.352. The number of aliphatic hydroxyl groups is 1. The summed E-state index contributed by atoms with van der Waals surface area (Å²) in [6.45, 7) is 6.67. The number of anilines is 2. The van der Waals surface area contributed by atoms with Crippen LogP contribution in [0.5, 0.6) is 0 Å². The van der Waals surface area contributed by atoms with Crippen LogP contribution in [0.3, 0.4) is 0 Å². The Balaban J connectivity index is 1.37. The Morgan fingerprint density at radius 1 is 1.05 bits per heavy atom. The van der Waals surface area contributed by atoms with Gasteiger partial charge in [0.2, 0.25) is 17.7 Å². The summed E-state index contributed by atoms with van der Waals surface area (Å²) >= 11 is 0. The second-order valence-corrected chi connectivity index (χ2v) is 10.9. The average molecular weight is 549 g/mol. The van der Waals surface area contributed by atoms with Crippen LogP contribution in [-0.2, 0) is 25.7 Å². The summed E-state index contributed by atoms with van der Waals surface area (Å²) in [6, 6.07) is 16.5. The molecule has 1 spiro atoms. The Kier molecular flexibility index (Phi) is 8.42. The van der Waals surface area contributed by atoms with Gasteiger partial charge >= 0.3 is 0 Å². The average Bonchev–Trinajstić information content (AvgIpc) is 3.61. The van der Waals surface area contributed by atoms with Crippen molar-refractivity contribution in [2.45, 2.75) is 63.8 Å². The van der Waals surface area contributed by atoms with E-state index in [1.165, 1.54) is 0 Å². The molecule has 2 unspecified atom stereocenters. The van der Waals surface area contributed by atoms with Crippen molar-refractivity contribution in [3.63, 3.8) is 0 Å². The molecule has 5 rings (SSSR count). The maximum atomic E-state index is 13.9. The monoisotopic (exact) mass is 548 g/mol. The lowest BCUT2D eigenvalue weighted by Crippen LogP contribution is -2.53. The zero-order chi connectivity index (χ0) is 28.3. The minimum atomic E-state index is -1.04. The minimum Gasteiger partial charge on any atom is -0.396 e. The zero-order valence-electron chi connectivity index (χ0n) is 23.3. The Labute approximate surface area is 235 Å². The highest BCUT2D eigenvalue weighted by Crippen LogP contribution is 2.58. The van der Waals surface area contributed by atoms with E-state index >= 15 is 0 Å².